The van der Waals surface area contributed by atoms with Crippen molar-refractivity contribution in [3.8, 4) is 11.8 Å². The van der Waals surface area contributed by atoms with E-state index in [1.165, 1.54) is 12.1 Å². The Bertz CT molecular complexity index is 717. The van der Waals surface area contributed by atoms with Crippen LogP contribution < -0.4 is 10.1 Å². The number of nitrogens with one attached hydrogen (secondary N) is 1. The van der Waals surface area contributed by atoms with E-state index in [9.17, 15) is 14.9 Å². The van der Waals surface area contributed by atoms with Crippen LogP contribution in [-0.4, -0.2) is 17.4 Å². The molecule has 2 aromatic rings. The van der Waals surface area contributed by atoms with Gasteiger partial charge in [-0.15, -0.1) is 0 Å². The van der Waals surface area contributed by atoms with Crippen molar-refractivity contribution < 1.29 is 18.9 Å². The molecule has 8 heteroatoms. The fourth-order valence-corrected chi connectivity index (χ4v) is 1.52. The van der Waals surface area contributed by atoms with Crippen molar-refractivity contribution in [3.05, 3.63) is 52.3 Å². The molecule has 0 saturated heterocycles. The Labute approximate surface area is 118 Å². The highest BCUT2D eigenvalue weighted by molar-refractivity contribution is 6.02. The van der Waals surface area contributed by atoms with E-state index >= 15 is 0 Å². The zero-order chi connectivity index (χ0) is 15.2. The molecule has 1 aromatic heterocycles. The molecule has 0 unspecified atom stereocenters. The lowest BCUT2D eigenvalue weighted by molar-refractivity contribution is -0.402. The van der Waals surface area contributed by atoms with E-state index < -0.39 is 16.7 Å². The second kappa shape index (κ2) is 6.21. The third-order valence-electron chi connectivity index (χ3n) is 2.39. The molecule has 8 nitrogen and oxygen atoms in total. The van der Waals surface area contributed by atoms with Crippen LogP contribution in [-0.2, 0) is 0 Å². The normalized spacial score (nSPS) is 9.67. The maximum Gasteiger partial charge on any atom is 0.433 e. The van der Waals surface area contributed by atoms with Gasteiger partial charge >= 0.3 is 5.88 Å². The summed E-state index contributed by atoms with van der Waals surface area (Å²) >= 11 is 0. The molecule has 0 fully saturated rings. The van der Waals surface area contributed by atoms with Crippen LogP contribution >= 0.6 is 0 Å². The number of nitriles is 1. The van der Waals surface area contributed by atoms with Crippen molar-refractivity contribution in [3.63, 3.8) is 0 Å². The van der Waals surface area contributed by atoms with Gasteiger partial charge in [-0.1, -0.05) is 6.07 Å². The van der Waals surface area contributed by atoms with E-state index in [-0.39, 0.29) is 12.4 Å². The van der Waals surface area contributed by atoms with E-state index in [1.54, 1.807) is 18.2 Å². The van der Waals surface area contributed by atoms with Gasteiger partial charge in [-0.3, -0.25) is 14.9 Å². The summed E-state index contributed by atoms with van der Waals surface area (Å²) in [5.41, 5.74) is 0.412. The standard InChI is InChI=1S/C13H9N3O5/c14-6-7-20-10-3-1-2-9(8-10)15-13(17)11-4-5-12(21-11)16(18)19/h1-5,8H,7H2,(H,15,17). The van der Waals surface area contributed by atoms with Crippen LogP contribution in [0.3, 0.4) is 0 Å². The minimum Gasteiger partial charge on any atom is -0.479 e. The topological polar surface area (TPSA) is 118 Å². The van der Waals surface area contributed by atoms with E-state index in [2.05, 4.69) is 5.32 Å². The Morgan fingerprint density at radius 2 is 2.24 bits per heavy atom. The number of hydrogen-bond donors (Lipinski definition) is 1. The van der Waals surface area contributed by atoms with E-state index in [0.29, 0.717) is 11.4 Å². The van der Waals surface area contributed by atoms with Gasteiger partial charge in [-0.25, -0.2) is 0 Å². The number of anilines is 1. The summed E-state index contributed by atoms with van der Waals surface area (Å²) in [6, 6.07) is 10.5. The molecule has 1 N–H and O–H groups in total. The van der Waals surface area contributed by atoms with Gasteiger partial charge < -0.3 is 14.5 Å². The summed E-state index contributed by atoms with van der Waals surface area (Å²) in [6.07, 6.45) is 0. The molecular weight excluding hydrogens is 278 g/mol. The first kappa shape index (κ1) is 14.1. The number of amides is 1. The summed E-state index contributed by atoms with van der Waals surface area (Å²) in [5.74, 6) is -0.892. The van der Waals surface area contributed by atoms with Crippen LogP contribution in [0, 0.1) is 21.4 Å². The molecule has 106 valence electrons. The van der Waals surface area contributed by atoms with Crippen LogP contribution in [0.2, 0.25) is 0 Å². The number of rotatable bonds is 5. The van der Waals surface area contributed by atoms with Crippen LogP contribution in [0.4, 0.5) is 11.6 Å². The first-order chi connectivity index (χ1) is 10.1. The Balaban J connectivity index is 2.08. The van der Waals surface area contributed by atoms with Crippen molar-refractivity contribution in [2.24, 2.45) is 0 Å². The lowest BCUT2D eigenvalue weighted by atomic mass is 10.3. The Kier molecular flexibility index (Phi) is 4.16. The molecule has 0 bridgehead atoms. The van der Waals surface area contributed by atoms with Gasteiger partial charge in [0.15, 0.2) is 12.4 Å². The number of nitro groups is 1. The monoisotopic (exact) mass is 287 g/mol. The minimum absolute atomic E-state index is 0.109. The van der Waals surface area contributed by atoms with Crippen molar-refractivity contribution in [1.82, 2.24) is 0 Å². The Morgan fingerprint density at radius 3 is 2.90 bits per heavy atom. The number of benzene rings is 1. The predicted molar refractivity (Wildman–Crippen MR) is 70.9 cm³/mol. The third-order valence-corrected chi connectivity index (χ3v) is 2.39. The second-order valence-electron chi connectivity index (χ2n) is 3.82. The fourth-order valence-electron chi connectivity index (χ4n) is 1.52. The molecule has 0 atom stereocenters. The van der Waals surface area contributed by atoms with E-state index in [1.807, 2.05) is 6.07 Å². The van der Waals surface area contributed by atoms with E-state index in [0.717, 1.165) is 6.07 Å². The molecule has 0 saturated carbocycles. The average molecular weight is 287 g/mol. The largest absolute Gasteiger partial charge is 0.479 e. The lowest BCUT2D eigenvalue weighted by Crippen LogP contribution is -2.10. The van der Waals surface area contributed by atoms with Crippen LogP contribution in [0.1, 0.15) is 10.6 Å². The van der Waals surface area contributed by atoms with Gasteiger partial charge in [0.05, 0.1) is 6.07 Å². The van der Waals surface area contributed by atoms with Gasteiger partial charge in [-0.2, -0.15) is 5.26 Å². The number of carbonyl (C=O) groups excluding carboxylic acids is 1. The molecule has 0 aliphatic rings. The zero-order valence-corrected chi connectivity index (χ0v) is 10.6. The molecule has 0 aliphatic heterocycles. The highest BCUT2D eigenvalue weighted by atomic mass is 16.6. The predicted octanol–water partition coefficient (Wildman–Crippen LogP) is 2.34. The molecular formula is C13H9N3O5. The number of nitrogens with zero attached hydrogens (tertiary/aromatic N) is 2. The maximum absolute atomic E-state index is 11.9. The minimum atomic E-state index is -0.729. The number of furan rings is 1. The molecule has 0 aliphatic carbocycles. The lowest BCUT2D eigenvalue weighted by Gasteiger charge is -2.06. The van der Waals surface area contributed by atoms with Crippen molar-refractivity contribution in [1.29, 1.82) is 5.26 Å². The fraction of sp³-hybridized carbons (Fsp3) is 0.0769. The van der Waals surface area contributed by atoms with Gasteiger partial charge in [0.2, 0.25) is 0 Å². The molecule has 1 heterocycles. The van der Waals surface area contributed by atoms with Gasteiger partial charge in [-0.05, 0) is 18.2 Å². The number of hydrogen-bond acceptors (Lipinski definition) is 6. The van der Waals surface area contributed by atoms with E-state index in [4.69, 9.17) is 14.4 Å². The number of ether oxygens (including phenoxy) is 1. The summed E-state index contributed by atoms with van der Waals surface area (Å²) < 4.78 is 9.88. The SMILES string of the molecule is N#CCOc1cccc(NC(=O)c2ccc([N+](=O)[O-])o2)c1. The molecule has 0 spiro atoms. The average Bonchev–Trinajstić information content (AvgIpc) is 2.95. The third kappa shape index (κ3) is 3.57. The highest BCUT2D eigenvalue weighted by Gasteiger charge is 2.17. The first-order valence-electron chi connectivity index (χ1n) is 5.75. The van der Waals surface area contributed by atoms with Gasteiger partial charge in [0.1, 0.15) is 16.7 Å². The zero-order valence-electron chi connectivity index (χ0n) is 10.6. The molecule has 21 heavy (non-hydrogen) atoms. The smallest absolute Gasteiger partial charge is 0.433 e. The molecule has 1 aromatic carbocycles. The van der Waals surface area contributed by atoms with Crippen LogP contribution in [0.5, 0.6) is 5.75 Å². The number of carbonyl (C=O) groups is 1. The summed E-state index contributed by atoms with van der Waals surface area (Å²) in [7, 11) is 0. The summed E-state index contributed by atoms with van der Waals surface area (Å²) in [5, 5.41) is 21.4. The second-order valence-corrected chi connectivity index (χ2v) is 3.82. The van der Waals surface area contributed by atoms with Crippen LogP contribution in [0.25, 0.3) is 0 Å². The summed E-state index contributed by atoms with van der Waals surface area (Å²) in [6.45, 7) is -0.109. The molecule has 1 amide bonds. The Morgan fingerprint density at radius 1 is 1.43 bits per heavy atom. The van der Waals surface area contributed by atoms with Crippen LogP contribution in [0.15, 0.2) is 40.8 Å². The van der Waals surface area contributed by atoms with Crippen molar-refractivity contribution >= 4 is 17.5 Å². The quantitative estimate of drug-likeness (QED) is 0.666. The van der Waals surface area contributed by atoms with Gasteiger partial charge in [0, 0.05) is 11.8 Å². The highest BCUT2D eigenvalue weighted by Crippen LogP contribution is 2.20. The van der Waals surface area contributed by atoms with Crippen molar-refractivity contribution in [2.45, 2.75) is 0 Å². The Hall–Kier alpha value is -3.34. The van der Waals surface area contributed by atoms with Gasteiger partial charge in [0.25, 0.3) is 5.91 Å². The maximum atomic E-state index is 11.9. The summed E-state index contributed by atoms with van der Waals surface area (Å²) in [4.78, 5) is 21.6. The van der Waals surface area contributed by atoms with Crippen molar-refractivity contribution in [2.75, 3.05) is 11.9 Å². The molecule has 0 radical (unpaired) electrons. The molecule has 2 rings (SSSR count). The first-order valence-corrected chi connectivity index (χ1v) is 5.75.